The first kappa shape index (κ1) is 12.9. The van der Waals surface area contributed by atoms with Gasteiger partial charge in [-0.05, 0) is 12.5 Å². The first-order chi connectivity index (χ1) is 9.13. The molecule has 98 valence electrons. The van der Waals surface area contributed by atoms with Crippen molar-refractivity contribution in [3.05, 3.63) is 53.6 Å². The van der Waals surface area contributed by atoms with Crippen LogP contribution in [-0.4, -0.2) is 29.1 Å². The first-order valence-corrected chi connectivity index (χ1v) is 5.69. The summed E-state index contributed by atoms with van der Waals surface area (Å²) in [6.07, 6.45) is 3.00. The summed E-state index contributed by atoms with van der Waals surface area (Å²) in [6.45, 7) is 1.74. The largest absolute Gasteiger partial charge is 0.501 e. The number of carbonyl (C=O) groups excluding carboxylic acids is 1. The standard InChI is InChI=1S/C14H13NO4/c1-10(18-2)8-9-15-13(16)12(14(17)19-15)11-6-4-3-5-7-11/h3-9H,1-2H3/p+1/b10-8-,15-9+. The van der Waals surface area contributed by atoms with Gasteiger partial charge in [0, 0.05) is 6.08 Å². The highest BCUT2D eigenvalue weighted by Crippen LogP contribution is 2.25. The number of hydrogen-bond acceptors (Lipinski definition) is 4. The van der Waals surface area contributed by atoms with Crippen LogP contribution in [0.5, 0.6) is 0 Å². The van der Waals surface area contributed by atoms with Gasteiger partial charge in [0.25, 0.3) is 0 Å². The Bertz CT molecular complexity index is 585. The van der Waals surface area contributed by atoms with Gasteiger partial charge in [0.2, 0.25) is 6.21 Å². The molecule has 5 heteroatoms. The van der Waals surface area contributed by atoms with Gasteiger partial charge in [-0.15, -0.1) is 0 Å². The predicted octanol–water partition coefficient (Wildman–Crippen LogP) is 2.02. The Labute approximate surface area is 110 Å². The summed E-state index contributed by atoms with van der Waals surface area (Å²) >= 11 is 0. The quantitative estimate of drug-likeness (QED) is 0.513. The number of carbonyl (C=O) groups is 1. The molecule has 0 aliphatic carbocycles. The molecule has 1 aliphatic heterocycles. The Hall–Kier alpha value is -2.56. The van der Waals surface area contributed by atoms with Gasteiger partial charge in [0.1, 0.15) is 0 Å². The predicted molar refractivity (Wildman–Crippen MR) is 69.2 cm³/mol. The SMILES string of the molecule is CO/C(C)=C\C=[N+]1\OC(=O)C(c2ccccc2)=C1O. The number of methoxy groups -OCH3 is 1. The van der Waals surface area contributed by atoms with E-state index in [2.05, 4.69) is 0 Å². The second-order valence-corrected chi connectivity index (χ2v) is 3.90. The summed E-state index contributed by atoms with van der Waals surface area (Å²) in [5.74, 6) is -0.211. The molecule has 5 nitrogen and oxygen atoms in total. The van der Waals surface area contributed by atoms with E-state index >= 15 is 0 Å². The number of aliphatic hydroxyl groups excluding tert-OH is 1. The Morgan fingerprint density at radius 1 is 1.37 bits per heavy atom. The first-order valence-electron chi connectivity index (χ1n) is 5.69. The number of hydrogen-bond donors (Lipinski definition) is 1. The Morgan fingerprint density at radius 3 is 2.68 bits per heavy atom. The van der Waals surface area contributed by atoms with Crippen LogP contribution < -0.4 is 0 Å². The summed E-state index contributed by atoms with van der Waals surface area (Å²) in [6, 6.07) is 8.85. The third-order valence-corrected chi connectivity index (χ3v) is 2.65. The normalized spacial score (nSPS) is 17.9. The highest BCUT2D eigenvalue weighted by molar-refractivity contribution is 6.17. The van der Waals surface area contributed by atoms with Crippen LogP contribution in [0.15, 0.2) is 48.1 Å². The number of aliphatic hydroxyl groups is 1. The van der Waals surface area contributed by atoms with Gasteiger partial charge in [-0.25, -0.2) is 4.79 Å². The van der Waals surface area contributed by atoms with Crippen molar-refractivity contribution in [1.29, 1.82) is 0 Å². The maximum absolute atomic E-state index is 11.8. The van der Waals surface area contributed by atoms with Crippen LogP contribution in [0.25, 0.3) is 5.57 Å². The molecule has 1 aliphatic rings. The third-order valence-electron chi connectivity index (χ3n) is 2.65. The Balaban J connectivity index is 2.39. The zero-order valence-electron chi connectivity index (χ0n) is 10.7. The molecule has 0 saturated heterocycles. The van der Waals surface area contributed by atoms with E-state index in [4.69, 9.17) is 9.57 Å². The van der Waals surface area contributed by atoms with Crippen LogP contribution in [0, 0.1) is 0 Å². The van der Waals surface area contributed by atoms with Gasteiger partial charge >= 0.3 is 11.9 Å². The molecule has 0 radical (unpaired) electrons. The summed E-state index contributed by atoms with van der Waals surface area (Å²) in [7, 11) is 1.53. The fraction of sp³-hybridized carbons (Fsp3) is 0.143. The minimum Gasteiger partial charge on any atom is -0.501 e. The molecular weight excluding hydrogens is 246 g/mol. The molecular formula is C14H14NO4+. The monoisotopic (exact) mass is 260 g/mol. The van der Waals surface area contributed by atoms with Crippen molar-refractivity contribution in [3.8, 4) is 0 Å². The van der Waals surface area contributed by atoms with E-state index in [1.54, 1.807) is 37.3 Å². The lowest BCUT2D eigenvalue weighted by Crippen LogP contribution is -2.08. The maximum atomic E-state index is 11.8. The summed E-state index contributed by atoms with van der Waals surface area (Å²) < 4.78 is 5.96. The Morgan fingerprint density at radius 2 is 2.05 bits per heavy atom. The highest BCUT2D eigenvalue weighted by Gasteiger charge is 2.39. The van der Waals surface area contributed by atoms with Crippen molar-refractivity contribution in [2.75, 3.05) is 7.11 Å². The molecule has 0 bridgehead atoms. The molecule has 0 saturated carbocycles. The molecule has 0 spiro atoms. The molecule has 1 heterocycles. The van der Waals surface area contributed by atoms with Crippen LogP contribution in [0.3, 0.4) is 0 Å². The average molecular weight is 260 g/mol. The number of allylic oxidation sites excluding steroid dienone is 2. The van der Waals surface area contributed by atoms with Crippen molar-refractivity contribution < 1.29 is 24.2 Å². The minimum absolute atomic E-state index is 0.139. The number of nitrogens with zero attached hydrogens (tertiary/aromatic N) is 1. The van der Waals surface area contributed by atoms with Crippen molar-refractivity contribution in [2.24, 2.45) is 0 Å². The number of rotatable bonds is 3. The van der Waals surface area contributed by atoms with Crippen LogP contribution >= 0.6 is 0 Å². The molecule has 2 rings (SSSR count). The minimum atomic E-state index is -0.594. The second-order valence-electron chi connectivity index (χ2n) is 3.90. The zero-order chi connectivity index (χ0) is 13.8. The molecule has 0 unspecified atom stereocenters. The van der Waals surface area contributed by atoms with E-state index in [-0.39, 0.29) is 11.5 Å². The molecule has 0 fully saturated rings. The number of hydroxylamine groups is 1. The second kappa shape index (κ2) is 5.39. The zero-order valence-corrected chi connectivity index (χ0v) is 10.7. The van der Waals surface area contributed by atoms with Gasteiger partial charge in [-0.3, -0.25) is 0 Å². The van der Waals surface area contributed by atoms with Crippen LogP contribution in [-0.2, 0) is 14.4 Å². The fourth-order valence-electron chi connectivity index (χ4n) is 1.57. The fourth-order valence-corrected chi connectivity index (χ4v) is 1.57. The van der Waals surface area contributed by atoms with Crippen LogP contribution in [0.1, 0.15) is 12.5 Å². The highest BCUT2D eigenvalue weighted by atomic mass is 16.7. The van der Waals surface area contributed by atoms with Crippen molar-refractivity contribution in [1.82, 2.24) is 0 Å². The van der Waals surface area contributed by atoms with E-state index in [0.29, 0.717) is 11.3 Å². The molecule has 0 aromatic heterocycles. The van der Waals surface area contributed by atoms with E-state index < -0.39 is 5.97 Å². The van der Waals surface area contributed by atoms with Gasteiger partial charge < -0.3 is 9.84 Å². The lowest BCUT2D eigenvalue weighted by Gasteiger charge is -1.93. The number of benzene rings is 1. The summed E-state index contributed by atoms with van der Waals surface area (Å²) in [5.41, 5.74) is 0.744. The van der Waals surface area contributed by atoms with Gasteiger partial charge in [0.15, 0.2) is 5.57 Å². The molecule has 0 atom stereocenters. The topological polar surface area (TPSA) is 58.8 Å². The lowest BCUT2D eigenvalue weighted by molar-refractivity contribution is -0.728. The molecule has 1 aromatic rings. The maximum Gasteiger partial charge on any atom is 0.431 e. The summed E-state index contributed by atoms with van der Waals surface area (Å²) in [4.78, 5) is 16.7. The van der Waals surface area contributed by atoms with Crippen molar-refractivity contribution in [2.45, 2.75) is 6.92 Å². The molecule has 1 aromatic carbocycles. The van der Waals surface area contributed by atoms with Gasteiger partial charge in [-0.1, -0.05) is 30.3 Å². The molecule has 1 N–H and O–H groups in total. The van der Waals surface area contributed by atoms with E-state index in [1.165, 1.54) is 13.3 Å². The average Bonchev–Trinajstić information content (AvgIpc) is 2.71. The van der Waals surface area contributed by atoms with E-state index in [1.807, 2.05) is 6.07 Å². The van der Waals surface area contributed by atoms with Crippen molar-refractivity contribution >= 4 is 17.8 Å². The summed E-state index contributed by atoms with van der Waals surface area (Å²) in [5, 5.41) is 10.0. The Kier molecular flexibility index (Phi) is 3.66. The molecule has 19 heavy (non-hydrogen) atoms. The van der Waals surface area contributed by atoms with E-state index in [9.17, 15) is 9.90 Å². The van der Waals surface area contributed by atoms with E-state index in [0.717, 1.165) is 4.74 Å². The smallest absolute Gasteiger partial charge is 0.431 e. The van der Waals surface area contributed by atoms with Gasteiger partial charge in [-0.2, -0.15) is 4.84 Å². The molecule has 0 amide bonds. The van der Waals surface area contributed by atoms with Gasteiger partial charge in [0.05, 0.1) is 17.6 Å². The van der Waals surface area contributed by atoms with Crippen molar-refractivity contribution in [3.63, 3.8) is 0 Å². The number of ether oxygens (including phenoxy) is 1. The van der Waals surface area contributed by atoms with Crippen LogP contribution in [0.2, 0.25) is 0 Å². The van der Waals surface area contributed by atoms with Crippen LogP contribution in [0.4, 0.5) is 0 Å². The lowest BCUT2D eigenvalue weighted by atomic mass is 10.1. The third kappa shape index (κ3) is 2.65.